The molecule has 1 heterocycles. The van der Waals surface area contributed by atoms with Gasteiger partial charge in [0.2, 0.25) is 0 Å². The average Bonchev–Trinajstić information content (AvgIpc) is 2.84. The van der Waals surface area contributed by atoms with Crippen LogP contribution in [0.2, 0.25) is 0 Å². The SMILES string of the molecule is Cc1ccc(-c2nccc(Nc3cccc(C(=O)NC(C)CCc4ccccc4)c3)n2)cc1. The fourth-order valence-electron chi connectivity index (χ4n) is 3.56. The summed E-state index contributed by atoms with van der Waals surface area (Å²) < 4.78 is 0. The lowest BCUT2D eigenvalue weighted by Gasteiger charge is -2.15. The first kappa shape index (κ1) is 22.2. The predicted molar refractivity (Wildman–Crippen MR) is 134 cm³/mol. The Hall–Kier alpha value is -3.99. The summed E-state index contributed by atoms with van der Waals surface area (Å²) in [7, 11) is 0. The van der Waals surface area contributed by atoms with Gasteiger partial charge in [0.15, 0.2) is 5.82 Å². The molecule has 1 amide bonds. The van der Waals surface area contributed by atoms with Crippen molar-refractivity contribution in [1.82, 2.24) is 15.3 Å². The largest absolute Gasteiger partial charge is 0.350 e. The summed E-state index contributed by atoms with van der Waals surface area (Å²) in [5, 5.41) is 6.39. The normalized spacial score (nSPS) is 11.6. The van der Waals surface area contributed by atoms with Gasteiger partial charge in [-0.05, 0) is 56.5 Å². The Bertz CT molecular complexity index is 1210. The van der Waals surface area contributed by atoms with E-state index in [1.165, 1.54) is 11.1 Å². The first-order chi connectivity index (χ1) is 16.1. The van der Waals surface area contributed by atoms with E-state index in [1.54, 1.807) is 6.20 Å². The Morgan fingerprint density at radius 1 is 0.939 bits per heavy atom. The van der Waals surface area contributed by atoms with Crippen LogP contribution in [0.25, 0.3) is 11.4 Å². The number of hydrogen-bond acceptors (Lipinski definition) is 4. The summed E-state index contributed by atoms with van der Waals surface area (Å²) in [5.74, 6) is 1.25. The second kappa shape index (κ2) is 10.6. The van der Waals surface area contributed by atoms with Crippen molar-refractivity contribution in [3.63, 3.8) is 0 Å². The van der Waals surface area contributed by atoms with Gasteiger partial charge >= 0.3 is 0 Å². The highest BCUT2D eigenvalue weighted by atomic mass is 16.1. The van der Waals surface area contributed by atoms with Crippen LogP contribution in [-0.2, 0) is 6.42 Å². The maximum absolute atomic E-state index is 12.8. The number of aromatic nitrogens is 2. The Balaban J connectivity index is 1.39. The zero-order chi connectivity index (χ0) is 23.0. The van der Waals surface area contributed by atoms with Crippen LogP contribution in [0.15, 0.2) is 91.1 Å². The van der Waals surface area contributed by atoms with E-state index in [-0.39, 0.29) is 11.9 Å². The number of amides is 1. The molecule has 0 spiro atoms. The molecular weight excluding hydrogens is 408 g/mol. The summed E-state index contributed by atoms with van der Waals surface area (Å²) in [6.07, 6.45) is 3.55. The Morgan fingerprint density at radius 3 is 2.52 bits per heavy atom. The highest BCUT2D eigenvalue weighted by molar-refractivity contribution is 5.95. The standard InChI is InChI=1S/C28H28N4O/c1-20-11-15-23(16-12-20)27-29-18-17-26(32-27)31-25-10-6-9-24(19-25)28(33)30-21(2)13-14-22-7-4-3-5-8-22/h3-12,15-19,21H,13-14H2,1-2H3,(H,30,33)(H,29,31,32). The maximum atomic E-state index is 12.8. The molecule has 1 atom stereocenters. The molecule has 0 radical (unpaired) electrons. The molecule has 3 aromatic carbocycles. The molecule has 2 N–H and O–H groups in total. The van der Waals surface area contributed by atoms with Gasteiger partial charge in [-0.3, -0.25) is 4.79 Å². The predicted octanol–water partition coefficient (Wildman–Crippen LogP) is 5.95. The third kappa shape index (κ3) is 6.26. The van der Waals surface area contributed by atoms with Gasteiger partial charge in [0.05, 0.1) is 0 Å². The molecule has 0 bridgehead atoms. The molecule has 1 unspecified atom stereocenters. The first-order valence-electron chi connectivity index (χ1n) is 11.2. The van der Waals surface area contributed by atoms with Crippen LogP contribution in [0.1, 0.15) is 34.8 Å². The molecule has 0 fully saturated rings. The van der Waals surface area contributed by atoms with E-state index in [0.29, 0.717) is 17.2 Å². The second-order valence-corrected chi connectivity index (χ2v) is 8.24. The van der Waals surface area contributed by atoms with Crippen molar-refractivity contribution in [1.29, 1.82) is 0 Å². The van der Waals surface area contributed by atoms with Gasteiger partial charge < -0.3 is 10.6 Å². The van der Waals surface area contributed by atoms with Crippen LogP contribution in [0, 0.1) is 6.92 Å². The zero-order valence-electron chi connectivity index (χ0n) is 19.0. The highest BCUT2D eigenvalue weighted by Gasteiger charge is 2.11. The third-order valence-corrected chi connectivity index (χ3v) is 5.45. The minimum atomic E-state index is -0.0813. The molecule has 4 rings (SSSR count). The number of carbonyl (C=O) groups is 1. The van der Waals surface area contributed by atoms with Crippen molar-refractivity contribution >= 4 is 17.4 Å². The van der Waals surface area contributed by atoms with E-state index in [4.69, 9.17) is 0 Å². The second-order valence-electron chi connectivity index (χ2n) is 8.24. The van der Waals surface area contributed by atoms with Crippen molar-refractivity contribution in [2.45, 2.75) is 32.7 Å². The van der Waals surface area contributed by atoms with Crippen LogP contribution < -0.4 is 10.6 Å². The first-order valence-corrected chi connectivity index (χ1v) is 11.2. The van der Waals surface area contributed by atoms with Gasteiger partial charge in [-0.1, -0.05) is 66.2 Å². The lowest BCUT2D eigenvalue weighted by molar-refractivity contribution is 0.0938. The molecule has 166 valence electrons. The number of nitrogens with zero attached hydrogens (tertiary/aromatic N) is 2. The van der Waals surface area contributed by atoms with Gasteiger partial charge in [0.25, 0.3) is 5.91 Å². The molecule has 0 aliphatic rings. The molecule has 0 saturated carbocycles. The van der Waals surface area contributed by atoms with Gasteiger partial charge in [-0.25, -0.2) is 9.97 Å². The van der Waals surface area contributed by atoms with Crippen LogP contribution in [0.4, 0.5) is 11.5 Å². The maximum Gasteiger partial charge on any atom is 0.251 e. The topological polar surface area (TPSA) is 66.9 Å². The Kier molecular flexibility index (Phi) is 7.10. The molecule has 33 heavy (non-hydrogen) atoms. The molecule has 0 aliphatic carbocycles. The Labute approximate surface area is 194 Å². The number of anilines is 2. The van der Waals surface area contributed by atoms with Crippen molar-refractivity contribution in [3.8, 4) is 11.4 Å². The van der Waals surface area contributed by atoms with Crippen molar-refractivity contribution in [2.75, 3.05) is 5.32 Å². The number of hydrogen-bond donors (Lipinski definition) is 2. The number of nitrogens with one attached hydrogen (secondary N) is 2. The summed E-state index contributed by atoms with van der Waals surface area (Å²) in [6.45, 7) is 4.09. The van der Waals surface area contributed by atoms with Crippen molar-refractivity contribution in [3.05, 3.63) is 108 Å². The van der Waals surface area contributed by atoms with E-state index in [2.05, 4.69) is 39.7 Å². The smallest absolute Gasteiger partial charge is 0.251 e. The van der Waals surface area contributed by atoms with E-state index in [0.717, 1.165) is 24.1 Å². The van der Waals surface area contributed by atoms with Gasteiger partial charge in [-0.15, -0.1) is 0 Å². The van der Waals surface area contributed by atoms with E-state index < -0.39 is 0 Å². The van der Waals surface area contributed by atoms with Gasteiger partial charge in [0, 0.05) is 29.1 Å². The molecule has 0 aliphatic heterocycles. The van der Waals surface area contributed by atoms with Gasteiger partial charge in [-0.2, -0.15) is 0 Å². The fourth-order valence-corrected chi connectivity index (χ4v) is 3.56. The number of benzene rings is 3. The summed E-state index contributed by atoms with van der Waals surface area (Å²) >= 11 is 0. The molecular formula is C28H28N4O. The number of aryl methyl sites for hydroxylation is 2. The quantitative estimate of drug-likeness (QED) is 0.358. The fraction of sp³-hybridized carbons (Fsp3) is 0.179. The van der Waals surface area contributed by atoms with Crippen LogP contribution >= 0.6 is 0 Å². The van der Waals surface area contributed by atoms with E-state index in [9.17, 15) is 4.79 Å². The van der Waals surface area contributed by atoms with Crippen LogP contribution in [-0.4, -0.2) is 21.9 Å². The van der Waals surface area contributed by atoms with E-state index >= 15 is 0 Å². The highest BCUT2D eigenvalue weighted by Crippen LogP contribution is 2.20. The zero-order valence-corrected chi connectivity index (χ0v) is 19.0. The average molecular weight is 437 g/mol. The molecule has 1 aromatic heterocycles. The molecule has 0 saturated heterocycles. The molecule has 5 nitrogen and oxygen atoms in total. The lowest BCUT2D eigenvalue weighted by Crippen LogP contribution is -2.32. The van der Waals surface area contributed by atoms with E-state index in [1.807, 2.05) is 79.7 Å². The minimum absolute atomic E-state index is 0.0771. The summed E-state index contributed by atoms with van der Waals surface area (Å²) in [5.41, 5.74) is 4.84. The lowest BCUT2D eigenvalue weighted by atomic mass is 10.1. The van der Waals surface area contributed by atoms with Crippen molar-refractivity contribution in [2.24, 2.45) is 0 Å². The molecule has 5 heteroatoms. The third-order valence-electron chi connectivity index (χ3n) is 5.45. The number of rotatable bonds is 8. The van der Waals surface area contributed by atoms with Crippen LogP contribution in [0.5, 0.6) is 0 Å². The number of carbonyl (C=O) groups excluding carboxylic acids is 1. The van der Waals surface area contributed by atoms with Gasteiger partial charge in [0.1, 0.15) is 5.82 Å². The Morgan fingerprint density at radius 2 is 1.73 bits per heavy atom. The summed E-state index contributed by atoms with van der Waals surface area (Å²) in [6, 6.07) is 27.8. The monoisotopic (exact) mass is 436 g/mol. The summed E-state index contributed by atoms with van der Waals surface area (Å²) in [4.78, 5) is 21.8. The van der Waals surface area contributed by atoms with Crippen LogP contribution in [0.3, 0.4) is 0 Å². The van der Waals surface area contributed by atoms with Crippen molar-refractivity contribution < 1.29 is 4.79 Å². The minimum Gasteiger partial charge on any atom is -0.350 e. The molecule has 4 aromatic rings.